The molecule has 1 aliphatic carbocycles. The van der Waals surface area contributed by atoms with Gasteiger partial charge in [-0.15, -0.1) is 0 Å². The SMILES string of the molecule is COc1ccc(-n2c(C)cc(/C=C3\SC(Nc4ccccc4)N([C@H]4CCCC[C@@H]4C)C3=O)c2C)cc1. The Bertz CT molecular complexity index is 1250. The molecule has 3 aromatic rings. The van der Waals surface area contributed by atoms with E-state index in [1.807, 2.05) is 30.3 Å². The summed E-state index contributed by atoms with van der Waals surface area (Å²) < 4.78 is 7.55. The van der Waals surface area contributed by atoms with Crippen molar-refractivity contribution >= 4 is 29.4 Å². The van der Waals surface area contributed by atoms with E-state index in [-0.39, 0.29) is 17.4 Å². The van der Waals surface area contributed by atoms with Gasteiger partial charge in [-0.2, -0.15) is 0 Å². The predicted octanol–water partition coefficient (Wildman–Crippen LogP) is 6.99. The van der Waals surface area contributed by atoms with Crippen LogP contribution in [0.25, 0.3) is 11.8 Å². The first kappa shape index (κ1) is 24.6. The number of thioether (sulfide) groups is 1. The number of amides is 1. The Morgan fingerprint density at radius 1 is 1.03 bits per heavy atom. The minimum absolute atomic E-state index is 0.109. The molecule has 2 heterocycles. The number of hydrogen-bond acceptors (Lipinski definition) is 4. The molecule has 0 bridgehead atoms. The topological polar surface area (TPSA) is 46.5 Å². The van der Waals surface area contributed by atoms with Crippen LogP contribution in [0.2, 0.25) is 0 Å². The van der Waals surface area contributed by atoms with E-state index in [1.54, 1.807) is 18.9 Å². The van der Waals surface area contributed by atoms with Crippen LogP contribution in [-0.2, 0) is 4.79 Å². The molecule has 3 atom stereocenters. The van der Waals surface area contributed by atoms with Crippen molar-refractivity contribution in [1.82, 2.24) is 9.47 Å². The molecule has 1 saturated heterocycles. The van der Waals surface area contributed by atoms with E-state index in [9.17, 15) is 4.79 Å². The van der Waals surface area contributed by atoms with Crippen LogP contribution in [0.1, 0.15) is 49.6 Å². The molecule has 5 rings (SSSR count). The molecule has 0 spiro atoms. The lowest BCUT2D eigenvalue weighted by Gasteiger charge is -2.39. The molecule has 0 radical (unpaired) electrons. The Labute approximate surface area is 218 Å². The van der Waals surface area contributed by atoms with Gasteiger partial charge in [-0.1, -0.05) is 49.7 Å². The van der Waals surface area contributed by atoms with Crippen molar-refractivity contribution in [1.29, 1.82) is 0 Å². The second kappa shape index (κ2) is 10.5. The quantitative estimate of drug-likeness (QED) is 0.370. The van der Waals surface area contributed by atoms with E-state index < -0.39 is 0 Å². The number of para-hydroxylation sites is 1. The van der Waals surface area contributed by atoms with Crippen molar-refractivity contribution in [2.24, 2.45) is 5.92 Å². The molecule has 2 aliphatic rings. The van der Waals surface area contributed by atoms with Gasteiger partial charge < -0.3 is 19.5 Å². The molecule has 1 saturated carbocycles. The molecule has 188 valence electrons. The average Bonchev–Trinajstić information content (AvgIpc) is 3.34. The number of rotatable bonds is 6. The average molecular weight is 502 g/mol. The number of aromatic nitrogens is 1. The fourth-order valence-electron chi connectivity index (χ4n) is 5.57. The molecular formula is C30H35N3O2S. The number of nitrogens with one attached hydrogen (secondary N) is 1. The minimum atomic E-state index is -0.109. The number of ether oxygens (including phenoxy) is 1. The van der Waals surface area contributed by atoms with Crippen LogP contribution in [0.15, 0.2) is 65.6 Å². The van der Waals surface area contributed by atoms with E-state index in [0.29, 0.717) is 5.92 Å². The Hall–Kier alpha value is -3.12. The van der Waals surface area contributed by atoms with Crippen molar-refractivity contribution in [3.8, 4) is 11.4 Å². The van der Waals surface area contributed by atoms with Gasteiger partial charge >= 0.3 is 0 Å². The van der Waals surface area contributed by atoms with E-state index in [4.69, 9.17) is 4.74 Å². The minimum Gasteiger partial charge on any atom is -0.497 e. The van der Waals surface area contributed by atoms with Gasteiger partial charge in [-0.3, -0.25) is 4.79 Å². The molecule has 1 N–H and O–H groups in total. The summed E-state index contributed by atoms with van der Waals surface area (Å²) in [5, 5.41) is 3.63. The van der Waals surface area contributed by atoms with Gasteiger partial charge in [0.2, 0.25) is 0 Å². The van der Waals surface area contributed by atoms with Crippen LogP contribution in [0.5, 0.6) is 5.75 Å². The number of hydrogen-bond donors (Lipinski definition) is 1. The maximum atomic E-state index is 13.9. The lowest BCUT2D eigenvalue weighted by molar-refractivity contribution is -0.129. The lowest BCUT2D eigenvalue weighted by Crippen LogP contribution is -2.48. The molecule has 1 aromatic heterocycles. The summed E-state index contributed by atoms with van der Waals surface area (Å²) in [6.45, 7) is 6.53. The van der Waals surface area contributed by atoms with Gasteiger partial charge in [-0.05, 0) is 86.7 Å². The third kappa shape index (κ3) is 4.79. The first-order chi connectivity index (χ1) is 17.5. The lowest BCUT2D eigenvalue weighted by atomic mass is 9.85. The normalized spacial score (nSPS) is 23.3. The van der Waals surface area contributed by atoms with Crippen LogP contribution >= 0.6 is 11.8 Å². The fourth-order valence-corrected chi connectivity index (χ4v) is 6.77. The number of nitrogens with zero attached hydrogens (tertiary/aromatic N) is 2. The van der Waals surface area contributed by atoms with Gasteiger partial charge in [0.1, 0.15) is 5.75 Å². The Balaban J connectivity index is 1.48. The van der Waals surface area contributed by atoms with Crippen molar-refractivity contribution in [3.63, 3.8) is 0 Å². The number of carbonyl (C=O) groups is 1. The molecule has 2 fully saturated rings. The maximum Gasteiger partial charge on any atom is 0.262 e. The highest BCUT2D eigenvalue weighted by molar-refractivity contribution is 8.05. The number of benzene rings is 2. The molecule has 1 aliphatic heterocycles. The summed E-state index contributed by atoms with van der Waals surface area (Å²) in [5.41, 5.74) is 5.35. The van der Waals surface area contributed by atoms with Crippen molar-refractivity contribution in [2.75, 3.05) is 12.4 Å². The standard InChI is InChI=1S/C30H35N3O2S/c1-20-10-8-9-13-27(20)33-29(34)28(36-30(33)31-24-11-6-5-7-12-24)19-23-18-21(2)32(22(23)3)25-14-16-26(35-4)17-15-25/h5-7,11-12,14-20,27,30-31H,8-10,13H2,1-4H3/b28-19-/t20-,27-,30?/m0/s1. The van der Waals surface area contributed by atoms with E-state index >= 15 is 0 Å². The van der Waals surface area contributed by atoms with Crippen LogP contribution in [-0.4, -0.2) is 34.0 Å². The summed E-state index contributed by atoms with van der Waals surface area (Å²) in [5.74, 6) is 1.48. The summed E-state index contributed by atoms with van der Waals surface area (Å²) in [6.07, 6.45) is 6.77. The molecule has 2 aromatic carbocycles. The summed E-state index contributed by atoms with van der Waals surface area (Å²) >= 11 is 1.64. The Kier molecular flexibility index (Phi) is 7.15. The summed E-state index contributed by atoms with van der Waals surface area (Å²) in [6, 6.07) is 20.7. The zero-order valence-corrected chi connectivity index (χ0v) is 22.3. The fraction of sp³-hybridized carbons (Fsp3) is 0.367. The molecule has 5 nitrogen and oxygen atoms in total. The highest BCUT2D eigenvalue weighted by Gasteiger charge is 2.43. The van der Waals surface area contributed by atoms with Crippen LogP contribution in [0.3, 0.4) is 0 Å². The Morgan fingerprint density at radius 2 is 1.75 bits per heavy atom. The highest BCUT2D eigenvalue weighted by atomic mass is 32.2. The highest BCUT2D eigenvalue weighted by Crippen LogP contribution is 2.42. The van der Waals surface area contributed by atoms with Crippen LogP contribution < -0.4 is 10.1 Å². The number of aryl methyl sites for hydroxylation is 1. The largest absolute Gasteiger partial charge is 0.497 e. The summed E-state index contributed by atoms with van der Waals surface area (Å²) in [7, 11) is 1.68. The second-order valence-electron chi connectivity index (χ2n) is 9.89. The van der Waals surface area contributed by atoms with Crippen molar-refractivity contribution < 1.29 is 9.53 Å². The number of carbonyl (C=O) groups excluding carboxylic acids is 1. The van der Waals surface area contributed by atoms with Gasteiger partial charge in [0.15, 0.2) is 5.50 Å². The van der Waals surface area contributed by atoms with Crippen LogP contribution in [0.4, 0.5) is 5.69 Å². The molecule has 1 amide bonds. The van der Waals surface area contributed by atoms with E-state index in [2.05, 4.69) is 72.0 Å². The zero-order valence-electron chi connectivity index (χ0n) is 21.5. The molecular weight excluding hydrogens is 466 g/mol. The molecule has 36 heavy (non-hydrogen) atoms. The first-order valence-electron chi connectivity index (χ1n) is 12.8. The van der Waals surface area contributed by atoms with Gasteiger partial charge in [0.05, 0.1) is 12.0 Å². The van der Waals surface area contributed by atoms with E-state index in [0.717, 1.165) is 45.4 Å². The van der Waals surface area contributed by atoms with Crippen molar-refractivity contribution in [3.05, 3.63) is 82.5 Å². The monoisotopic (exact) mass is 501 g/mol. The van der Waals surface area contributed by atoms with Crippen LogP contribution in [0, 0.1) is 19.8 Å². The summed E-state index contributed by atoms with van der Waals surface area (Å²) in [4.78, 5) is 16.8. The predicted molar refractivity (Wildman–Crippen MR) is 149 cm³/mol. The third-order valence-corrected chi connectivity index (χ3v) is 8.63. The van der Waals surface area contributed by atoms with Gasteiger partial charge in [0, 0.05) is 28.8 Å². The molecule has 6 heteroatoms. The smallest absolute Gasteiger partial charge is 0.262 e. The Morgan fingerprint density at radius 3 is 2.44 bits per heavy atom. The first-order valence-corrected chi connectivity index (χ1v) is 13.7. The second-order valence-corrected chi connectivity index (χ2v) is 11.0. The zero-order chi connectivity index (χ0) is 25.2. The van der Waals surface area contributed by atoms with E-state index in [1.165, 1.54) is 19.3 Å². The van der Waals surface area contributed by atoms with Crippen molar-refractivity contribution in [2.45, 2.75) is 58.0 Å². The number of anilines is 1. The van der Waals surface area contributed by atoms with Gasteiger partial charge in [0.25, 0.3) is 5.91 Å². The third-order valence-electron chi connectivity index (χ3n) is 7.51. The van der Waals surface area contributed by atoms with Gasteiger partial charge in [-0.25, -0.2) is 0 Å². The maximum absolute atomic E-state index is 13.9. The number of methoxy groups -OCH3 is 1. The molecule has 1 unspecified atom stereocenters.